The Bertz CT molecular complexity index is 956. The summed E-state index contributed by atoms with van der Waals surface area (Å²) in [7, 11) is 1.81. The molecular weight excluding hydrogens is 402 g/mol. The van der Waals surface area contributed by atoms with Gasteiger partial charge in [0.2, 0.25) is 5.91 Å². The Kier molecular flexibility index (Phi) is 5.30. The molecule has 1 aliphatic carbocycles. The number of nitrogens with zero attached hydrogens (tertiary/aromatic N) is 1. The summed E-state index contributed by atoms with van der Waals surface area (Å²) in [5, 5.41) is 12.5. The molecule has 0 bridgehead atoms. The number of carbonyl (C=O) groups is 1. The normalized spacial score (nSPS) is 26.3. The molecule has 30 heavy (non-hydrogen) atoms. The fourth-order valence-corrected chi connectivity index (χ4v) is 5.07. The summed E-state index contributed by atoms with van der Waals surface area (Å²) >= 11 is 0. The number of hydrogen-bond donors (Lipinski definition) is 3. The topological polar surface area (TPSA) is 68.4 Å². The van der Waals surface area contributed by atoms with Crippen LogP contribution in [0, 0.1) is 5.92 Å². The Morgan fingerprint density at radius 2 is 2.13 bits per heavy atom. The number of aliphatic hydroxyl groups excluding tert-OH is 1. The van der Waals surface area contributed by atoms with Crippen molar-refractivity contribution in [3.63, 3.8) is 0 Å². The fraction of sp³-hybridized carbons (Fsp3) is 0.571. The van der Waals surface area contributed by atoms with Crippen molar-refractivity contribution in [1.82, 2.24) is 15.2 Å². The van der Waals surface area contributed by atoms with Crippen LogP contribution in [0.3, 0.4) is 0 Å². The number of alkyl halides is 4. The minimum Gasteiger partial charge on any atom is -0.394 e. The van der Waals surface area contributed by atoms with Crippen molar-refractivity contribution in [3.8, 4) is 0 Å². The molecule has 3 N–H and O–H groups in total. The van der Waals surface area contributed by atoms with Gasteiger partial charge in [-0.3, -0.25) is 4.79 Å². The van der Waals surface area contributed by atoms with Crippen LogP contribution in [0.15, 0.2) is 18.2 Å². The zero-order chi connectivity index (χ0) is 21.8. The average Bonchev–Trinajstić information content (AvgIpc) is 3.06. The SMILES string of the molecule is CC(F)C(CO)NC(=O)C1CC2c3cccc4[nH]c(C(F)(F)F)c(c34)CC2N(C)C1. The second-order valence-electron chi connectivity index (χ2n) is 8.47. The molecule has 1 saturated heterocycles. The van der Waals surface area contributed by atoms with Crippen LogP contribution in [0.25, 0.3) is 10.9 Å². The van der Waals surface area contributed by atoms with Crippen LogP contribution in [-0.2, 0) is 17.4 Å². The standard InChI is InChI=1S/C21H25F4N3O2/c1-10(22)16(9-29)27-20(30)11-6-13-12-4-3-5-15-18(12)14(7-17(13)28(2)8-11)19(26-15)21(23,24)25/h3-5,10-11,13,16-17,26,29H,6-9H2,1-2H3,(H,27,30). The first-order valence-electron chi connectivity index (χ1n) is 10.1. The smallest absolute Gasteiger partial charge is 0.394 e. The van der Waals surface area contributed by atoms with Crippen LogP contribution >= 0.6 is 0 Å². The molecule has 1 fully saturated rings. The predicted octanol–water partition coefficient (Wildman–Crippen LogP) is 2.98. The summed E-state index contributed by atoms with van der Waals surface area (Å²) in [6.07, 6.45) is -5.14. The van der Waals surface area contributed by atoms with E-state index in [1.54, 1.807) is 12.1 Å². The van der Waals surface area contributed by atoms with E-state index in [2.05, 4.69) is 10.3 Å². The largest absolute Gasteiger partial charge is 0.431 e. The molecule has 1 aliphatic heterocycles. The molecule has 2 aliphatic rings. The van der Waals surface area contributed by atoms with E-state index in [1.165, 1.54) is 6.92 Å². The molecule has 0 spiro atoms. The quantitative estimate of drug-likeness (QED) is 0.658. The van der Waals surface area contributed by atoms with Crippen LogP contribution in [0.2, 0.25) is 0 Å². The van der Waals surface area contributed by atoms with Crippen molar-refractivity contribution in [2.45, 2.75) is 50.1 Å². The number of H-pyrrole nitrogens is 1. The molecule has 5 unspecified atom stereocenters. The lowest BCUT2D eigenvalue weighted by molar-refractivity contribution is -0.141. The number of aromatic nitrogens is 1. The first kappa shape index (κ1) is 21.1. The third-order valence-electron chi connectivity index (χ3n) is 6.58. The van der Waals surface area contributed by atoms with Crippen molar-refractivity contribution in [2.75, 3.05) is 20.2 Å². The first-order valence-corrected chi connectivity index (χ1v) is 10.1. The molecule has 1 aromatic carbocycles. The predicted molar refractivity (Wildman–Crippen MR) is 104 cm³/mol. The third kappa shape index (κ3) is 3.47. The summed E-state index contributed by atoms with van der Waals surface area (Å²) in [6, 6.07) is 4.09. The van der Waals surface area contributed by atoms with Crippen LogP contribution in [0.5, 0.6) is 0 Å². The van der Waals surface area contributed by atoms with E-state index in [0.717, 1.165) is 5.56 Å². The van der Waals surface area contributed by atoms with E-state index >= 15 is 0 Å². The molecule has 0 radical (unpaired) electrons. The molecule has 2 aromatic rings. The van der Waals surface area contributed by atoms with Gasteiger partial charge < -0.3 is 20.3 Å². The maximum Gasteiger partial charge on any atom is 0.431 e. The Morgan fingerprint density at radius 3 is 2.77 bits per heavy atom. The van der Waals surface area contributed by atoms with Gasteiger partial charge in [0.25, 0.3) is 0 Å². The van der Waals surface area contributed by atoms with E-state index in [-0.39, 0.29) is 29.9 Å². The highest BCUT2D eigenvalue weighted by molar-refractivity contribution is 5.90. The number of likely N-dealkylation sites (tertiary alicyclic amines) is 1. The van der Waals surface area contributed by atoms with E-state index in [9.17, 15) is 27.5 Å². The molecule has 0 saturated carbocycles. The Hall–Kier alpha value is -2.13. The van der Waals surface area contributed by atoms with E-state index in [4.69, 9.17) is 0 Å². The number of fused-ring (bicyclic) bond motifs is 2. The maximum absolute atomic E-state index is 13.6. The summed E-state index contributed by atoms with van der Waals surface area (Å²) in [5.41, 5.74) is 0.858. The van der Waals surface area contributed by atoms with Crippen molar-refractivity contribution in [1.29, 1.82) is 0 Å². The molecule has 1 amide bonds. The van der Waals surface area contributed by atoms with Crippen molar-refractivity contribution in [2.24, 2.45) is 5.92 Å². The molecular formula is C21H25F4N3O2. The van der Waals surface area contributed by atoms with Gasteiger partial charge in [-0.25, -0.2) is 4.39 Å². The summed E-state index contributed by atoms with van der Waals surface area (Å²) in [6.45, 7) is 1.14. The van der Waals surface area contributed by atoms with Crippen LogP contribution in [0.1, 0.15) is 36.1 Å². The van der Waals surface area contributed by atoms with Crippen LogP contribution < -0.4 is 5.32 Å². The highest BCUT2D eigenvalue weighted by Gasteiger charge is 2.45. The van der Waals surface area contributed by atoms with Gasteiger partial charge in [0.15, 0.2) is 0 Å². The number of carbonyl (C=O) groups excluding carboxylic acids is 1. The lowest BCUT2D eigenvalue weighted by Crippen LogP contribution is -2.53. The number of aliphatic hydroxyl groups is 1. The number of piperidine rings is 1. The Labute approximate surface area is 171 Å². The minimum atomic E-state index is -4.46. The lowest BCUT2D eigenvalue weighted by Gasteiger charge is -2.45. The summed E-state index contributed by atoms with van der Waals surface area (Å²) in [5.74, 6) is -0.892. The number of nitrogens with one attached hydrogen (secondary N) is 2. The number of hydrogen-bond acceptors (Lipinski definition) is 3. The van der Waals surface area contributed by atoms with Crippen LogP contribution in [-0.4, -0.2) is 59.4 Å². The number of amides is 1. The maximum atomic E-state index is 13.6. The van der Waals surface area contributed by atoms with Crippen LogP contribution in [0.4, 0.5) is 17.6 Å². The number of benzene rings is 1. The Balaban J connectivity index is 1.68. The number of rotatable bonds is 4. The van der Waals surface area contributed by atoms with Gasteiger partial charge in [-0.05, 0) is 44.0 Å². The van der Waals surface area contributed by atoms with Gasteiger partial charge in [0, 0.05) is 29.4 Å². The molecule has 5 nitrogen and oxygen atoms in total. The highest BCUT2D eigenvalue weighted by atomic mass is 19.4. The number of likely N-dealkylation sites (N-methyl/N-ethyl adjacent to an activating group) is 1. The second-order valence-corrected chi connectivity index (χ2v) is 8.47. The van der Waals surface area contributed by atoms with Crippen molar-refractivity contribution in [3.05, 3.63) is 35.0 Å². The van der Waals surface area contributed by atoms with Gasteiger partial charge in [-0.1, -0.05) is 12.1 Å². The van der Waals surface area contributed by atoms with E-state index in [1.807, 2.05) is 18.0 Å². The second kappa shape index (κ2) is 7.53. The average molecular weight is 427 g/mol. The van der Waals surface area contributed by atoms with Gasteiger partial charge in [0.1, 0.15) is 11.9 Å². The van der Waals surface area contributed by atoms with Gasteiger partial charge in [0.05, 0.1) is 18.6 Å². The van der Waals surface area contributed by atoms with Gasteiger partial charge >= 0.3 is 6.18 Å². The zero-order valence-electron chi connectivity index (χ0n) is 16.8. The zero-order valence-corrected chi connectivity index (χ0v) is 16.8. The molecule has 9 heteroatoms. The highest BCUT2D eigenvalue weighted by Crippen LogP contribution is 2.47. The molecule has 4 rings (SSSR count). The van der Waals surface area contributed by atoms with Gasteiger partial charge in [-0.2, -0.15) is 13.2 Å². The van der Waals surface area contributed by atoms with Crippen molar-refractivity contribution >= 4 is 16.8 Å². The lowest BCUT2D eigenvalue weighted by atomic mass is 9.72. The number of halogens is 4. The molecule has 1 aromatic heterocycles. The van der Waals surface area contributed by atoms with Crippen molar-refractivity contribution < 1.29 is 27.5 Å². The fourth-order valence-electron chi connectivity index (χ4n) is 5.07. The minimum absolute atomic E-state index is 0.108. The van der Waals surface area contributed by atoms with E-state index in [0.29, 0.717) is 23.9 Å². The Morgan fingerprint density at radius 1 is 1.40 bits per heavy atom. The summed E-state index contributed by atoms with van der Waals surface area (Å²) < 4.78 is 54.3. The number of aromatic amines is 1. The van der Waals surface area contributed by atoms with Gasteiger partial charge in [-0.15, -0.1) is 0 Å². The third-order valence-corrected chi connectivity index (χ3v) is 6.58. The molecule has 5 atom stereocenters. The summed E-state index contributed by atoms with van der Waals surface area (Å²) in [4.78, 5) is 17.2. The molecule has 2 heterocycles. The monoisotopic (exact) mass is 427 g/mol. The van der Waals surface area contributed by atoms with E-state index < -0.39 is 36.6 Å². The molecule has 164 valence electrons. The first-order chi connectivity index (χ1) is 14.1.